The van der Waals surface area contributed by atoms with Crippen molar-refractivity contribution in [3.63, 3.8) is 0 Å². The summed E-state index contributed by atoms with van der Waals surface area (Å²) in [5.41, 5.74) is 6.89. The van der Waals surface area contributed by atoms with Crippen LogP contribution in [0.15, 0.2) is 18.3 Å². The first-order valence-electron chi connectivity index (χ1n) is 5.46. The molecule has 4 N–H and O–H groups in total. The molecular weight excluding hydrogens is 250 g/mol. The summed E-state index contributed by atoms with van der Waals surface area (Å²) in [7, 11) is 3.38. The molecule has 1 aromatic rings. The molecule has 0 aliphatic carbocycles. The molecule has 0 aliphatic rings. The van der Waals surface area contributed by atoms with Crippen molar-refractivity contribution in [1.29, 1.82) is 0 Å². The van der Waals surface area contributed by atoms with E-state index in [1.165, 1.54) is 4.90 Å². The highest BCUT2D eigenvalue weighted by Crippen LogP contribution is 2.10. The molecular formula is C11H17N5OS. The van der Waals surface area contributed by atoms with Crippen molar-refractivity contribution in [2.75, 3.05) is 32.5 Å². The summed E-state index contributed by atoms with van der Waals surface area (Å²) in [6.07, 6.45) is 1.63. The molecule has 0 fully saturated rings. The SMILES string of the molecule is CN(C)C(=O)NCCNc1cccnc1C(N)=S. The van der Waals surface area contributed by atoms with Crippen LogP contribution in [-0.2, 0) is 0 Å². The first-order chi connectivity index (χ1) is 8.52. The van der Waals surface area contributed by atoms with E-state index < -0.39 is 0 Å². The molecule has 0 spiro atoms. The van der Waals surface area contributed by atoms with E-state index in [0.717, 1.165) is 5.69 Å². The lowest BCUT2D eigenvalue weighted by molar-refractivity contribution is 0.218. The van der Waals surface area contributed by atoms with Gasteiger partial charge in [-0.2, -0.15) is 0 Å². The lowest BCUT2D eigenvalue weighted by Gasteiger charge is -2.13. The molecule has 1 aromatic heterocycles. The molecule has 0 atom stereocenters. The number of urea groups is 1. The van der Waals surface area contributed by atoms with Gasteiger partial charge in [-0.1, -0.05) is 12.2 Å². The summed E-state index contributed by atoms with van der Waals surface area (Å²) in [5.74, 6) is 0. The van der Waals surface area contributed by atoms with E-state index in [1.807, 2.05) is 6.07 Å². The third-order valence-electron chi connectivity index (χ3n) is 2.16. The van der Waals surface area contributed by atoms with Crippen LogP contribution in [0.25, 0.3) is 0 Å². The minimum Gasteiger partial charge on any atom is -0.388 e. The van der Waals surface area contributed by atoms with Crippen molar-refractivity contribution in [3.05, 3.63) is 24.0 Å². The fourth-order valence-electron chi connectivity index (χ4n) is 1.27. The van der Waals surface area contributed by atoms with Crippen LogP contribution < -0.4 is 16.4 Å². The molecule has 0 saturated heterocycles. The number of nitrogens with one attached hydrogen (secondary N) is 2. The monoisotopic (exact) mass is 267 g/mol. The number of nitrogens with zero attached hydrogens (tertiary/aromatic N) is 2. The predicted molar refractivity (Wildman–Crippen MR) is 75.7 cm³/mol. The Morgan fingerprint density at radius 2 is 2.22 bits per heavy atom. The molecule has 0 unspecified atom stereocenters. The summed E-state index contributed by atoms with van der Waals surface area (Å²) in [6.45, 7) is 1.07. The van der Waals surface area contributed by atoms with Crippen molar-refractivity contribution < 1.29 is 4.79 Å². The number of rotatable bonds is 5. The topological polar surface area (TPSA) is 83.3 Å². The van der Waals surface area contributed by atoms with Gasteiger partial charge in [-0.15, -0.1) is 0 Å². The number of hydrogen-bond donors (Lipinski definition) is 3. The van der Waals surface area contributed by atoms with Crippen LogP contribution in [-0.4, -0.2) is 48.1 Å². The minimum atomic E-state index is -0.127. The number of carbonyl (C=O) groups is 1. The van der Waals surface area contributed by atoms with Gasteiger partial charge in [0.1, 0.15) is 10.7 Å². The van der Waals surface area contributed by atoms with Gasteiger partial charge >= 0.3 is 6.03 Å². The highest BCUT2D eigenvalue weighted by Gasteiger charge is 2.05. The molecule has 2 amide bonds. The van der Waals surface area contributed by atoms with Crippen LogP contribution in [0.4, 0.5) is 10.5 Å². The predicted octanol–water partition coefficient (Wildman–Crippen LogP) is 0.399. The van der Waals surface area contributed by atoms with Gasteiger partial charge in [-0.25, -0.2) is 4.79 Å². The van der Waals surface area contributed by atoms with Gasteiger partial charge in [0, 0.05) is 33.4 Å². The molecule has 18 heavy (non-hydrogen) atoms. The maximum absolute atomic E-state index is 11.3. The van der Waals surface area contributed by atoms with Crippen LogP contribution >= 0.6 is 12.2 Å². The minimum absolute atomic E-state index is 0.127. The van der Waals surface area contributed by atoms with Crippen LogP contribution in [0.5, 0.6) is 0 Å². The second-order valence-corrected chi connectivity index (χ2v) is 4.26. The molecule has 1 rings (SSSR count). The van der Waals surface area contributed by atoms with Gasteiger partial charge in [0.15, 0.2) is 0 Å². The molecule has 0 aromatic carbocycles. The van der Waals surface area contributed by atoms with E-state index in [2.05, 4.69) is 15.6 Å². The second-order valence-electron chi connectivity index (χ2n) is 3.82. The summed E-state index contributed by atoms with van der Waals surface area (Å²) >= 11 is 4.90. The maximum atomic E-state index is 11.3. The standard InChI is InChI=1S/C11H17N5OS/c1-16(2)11(17)15-7-6-13-8-4-3-5-14-9(8)10(12)18/h3-5,13H,6-7H2,1-2H3,(H2,12,18)(H,15,17). The number of carbonyl (C=O) groups excluding carboxylic acids is 1. The number of amides is 2. The average Bonchev–Trinajstić information content (AvgIpc) is 2.34. The summed E-state index contributed by atoms with van der Waals surface area (Å²) in [4.78, 5) is 17.1. The highest BCUT2D eigenvalue weighted by atomic mass is 32.1. The Bertz CT molecular complexity index is 435. The molecule has 7 heteroatoms. The van der Waals surface area contributed by atoms with Gasteiger partial charge in [0.05, 0.1) is 5.69 Å². The Hall–Kier alpha value is -1.89. The lowest BCUT2D eigenvalue weighted by Crippen LogP contribution is -2.37. The van der Waals surface area contributed by atoms with Crippen molar-refractivity contribution >= 4 is 28.9 Å². The summed E-state index contributed by atoms with van der Waals surface area (Å²) in [5, 5.41) is 5.87. The smallest absolute Gasteiger partial charge is 0.316 e. The largest absolute Gasteiger partial charge is 0.388 e. The van der Waals surface area contributed by atoms with Gasteiger partial charge < -0.3 is 21.3 Å². The van der Waals surface area contributed by atoms with Crippen molar-refractivity contribution in [1.82, 2.24) is 15.2 Å². The van der Waals surface area contributed by atoms with E-state index in [0.29, 0.717) is 18.8 Å². The van der Waals surface area contributed by atoms with E-state index in [9.17, 15) is 4.79 Å². The number of anilines is 1. The van der Waals surface area contributed by atoms with Gasteiger partial charge in [-0.05, 0) is 12.1 Å². The Morgan fingerprint density at radius 1 is 1.50 bits per heavy atom. The van der Waals surface area contributed by atoms with E-state index in [1.54, 1.807) is 26.4 Å². The van der Waals surface area contributed by atoms with Gasteiger partial charge in [0.25, 0.3) is 0 Å². The Kier molecular flexibility index (Phi) is 5.31. The van der Waals surface area contributed by atoms with Crippen molar-refractivity contribution in [2.24, 2.45) is 5.73 Å². The van der Waals surface area contributed by atoms with Crippen LogP contribution in [0.1, 0.15) is 5.69 Å². The van der Waals surface area contributed by atoms with E-state index >= 15 is 0 Å². The number of aromatic nitrogens is 1. The highest BCUT2D eigenvalue weighted by molar-refractivity contribution is 7.80. The number of nitrogens with two attached hydrogens (primary N) is 1. The average molecular weight is 267 g/mol. The molecule has 0 radical (unpaired) electrons. The molecule has 6 nitrogen and oxygen atoms in total. The maximum Gasteiger partial charge on any atom is 0.316 e. The van der Waals surface area contributed by atoms with Crippen LogP contribution in [0.2, 0.25) is 0 Å². The zero-order chi connectivity index (χ0) is 13.5. The Morgan fingerprint density at radius 3 is 2.83 bits per heavy atom. The number of hydrogen-bond acceptors (Lipinski definition) is 4. The quantitative estimate of drug-likeness (QED) is 0.531. The molecule has 1 heterocycles. The molecule has 98 valence electrons. The normalized spacial score (nSPS) is 9.67. The second kappa shape index (κ2) is 6.75. The molecule has 0 bridgehead atoms. The lowest BCUT2D eigenvalue weighted by atomic mass is 10.3. The fraction of sp³-hybridized carbons (Fsp3) is 0.364. The fourth-order valence-corrected chi connectivity index (χ4v) is 1.43. The van der Waals surface area contributed by atoms with E-state index in [4.69, 9.17) is 18.0 Å². The zero-order valence-electron chi connectivity index (χ0n) is 10.4. The number of pyridine rings is 1. The number of thiocarbonyl (C=S) groups is 1. The van der Waals surface area contributed by atoms with Crippen LogP contribution in [0, 0.1) is 0 Å². The van der Waals surface area contributed by atoms with Crippen molar-refractivity contribution in [3.8, 4) is 0 Å². The van der Waals surface area contributed by atoms with Gasteiger partial charge in [0.2, 0.25) is 0 Å². The van der Waals surface area contributed by atoms with E-state index in [-0.39, 0.29) is 11.0 Å². The third-order valence-corrected chi connectivity index (χ3v) is 2.36. The van der Waals surface area contributed by atoms with Gasteiger partial charge in [-0.3, -0.25) is 4.98 Å². The third kappa shape index (κ3) is 4.17. The zero-order valence-corrected chi connectivity index (χ0v) is 11.3. The Labute approximate surface area is 112 Å². The van der Waals surface area contributed by atoms with Crippen LogP contribution in [0.3, 0.4) is 0 Å². The molecule has 0 aliphatic heterocycles. The van der Waals surface area contributed by atoms with Crippen molar-refractivity contribution in [2.45, 2.75) is 0 Å². The Balaban J connectivity index is 2.45. The summed E-state index contributed by atoms with van der Waals surface area (Å²) < 4.78 is 0. The molecule has 0 saturated carbocycles. The first kappa shape index (κ1) is 14.2. The first-order valence-corrected chi connectivity index (χ1v) is 5.87. The summed E-state index contributed by atoms with van der Waals surface area (Å²) in [6, 6.07) is 3.51.